The highest BCUT2D eigenvalue weighted by atomic mass is 32.2. The molecule has 3 rings (SSSR count). The Bertz CT molecular complexity index is 691. The molecule has 1 N–H and O–H groups in total. The van der Waals surface area contributed by atoms with Crippen molar-refractivity contribution < 1.29 is 23.9 Å². The molecule has 2 heterocycles. The van der Waals surface area contributed by atoms with Gasteiger partial charge in [0.1, 0.15) is 6.54 Å². The number of carbonyl (C=O) groups is 3. The summed E-state index contributed by atoms with van der Waals surface area (Å²) in [5, 5.41) is 2.60. The van der Waals surface area contributed by atoms with Crippen LogP contribution in [0.5, 0.6) is 0 Å². The van der Waals surface area contributed by atoms with E-state index in [-0.39, 0.29) is 11.8 Å². The second-order valence-corrected chi connectivity index (χ2v) is 7.35. The van der Waals surface area contributed by atoms with Crippen molar-refractivity contribution in [3.63, 3.8) is 0 Å². The maximum atomic E-state index is 12.2. The first kappa shape index (κ1) is 19.5. The highest BCUT2D eigenvalue weighted by molar-refractivity contribution is 8.13. The Morgan fingerprint density at radius 3 is 2.56 bits per heavy atom. The fraction of sp³-hybridized carbons (Fsp3) is 0.500. The molecular formula is C18H23N3O5S. The fourth-order valence-corrected chi connectivity index (χ4v) is 3.66. The summed E-state index contributed by atoms with van der Waals surface area (Å²) in [4.78, 5) is 39.3. The quantitative estimate of drug-likeness (QED) is 0.734. The fourth-order valence-electron chi connectivity index (χ4n) is 2.83. The third-order valence-corrected chi connectivity index (χ3v) is 5.25. The highest BCUT2D eigenvalue weighted by Gasteiger charge is 2.26. The van der Waals surface area contributed by atoms with Crippen molar-refractivity contribution in [2.45, 2.75) is 13.0 Å². The van der Waals surface area contributed by atoms with Crippen molar-refractivity contribution >= 4 is 40.3 Å². The van der Waals surface area contributed by atoms with Gasteiger partial charge in [0, 0.05) is 36.8 Å². The predicted octanol–water partition coefficient (Wildman–Crippen LogP) is 1.56. The molecule has 1 aromatic carbocycles. The number of nitrogens with one attached hydrogen (secondary N) is 1. The van der Waals surface area contributed by atoms with Gasteiger partial charge in [-0.05, 0) is 31.2 Å². The van der Waals surface area contributed by atoms with Gasteiger partial charge in [-0.1, -0.05) is 11.8 Å². The van der Waals surface area contributed by atoms with Gasteiger partial charge < -0.3 is 24.6 Å². The van der Waals surface area contributed by atoms with E-state index in [2.05, 4.69) is 10.2 Å². The number of ether oxygens (including phenoxy) is 2. The number of thioether (sulfide) groups is 1. The van der Waals surface area contributed by atoms with Crippen LogP contribution in [0.4, 0.5) is 16.2 Å². The number of amides is 2. The number of esters is 1. The largest absolute Gasteiger partial charge is 0.451 e. The standard InChI is InChI=1S/C18H23N3O5S/c1-13(26-16(22)12-21-8-11-27-18(21)24)17(23)19-14-2-4-15(5-3-14)20-6-9-25-10-7-20/h2-5,13H,6-12H2,1H3,(H,19,23)/t13-/m1/s1. The molecule has 27 heavy (non-hydrogen) atoms. The topological polar surface area (TPSA) is 88.2 Å². The molecule has 0 spiro atoms. The summed E-state index contributed by atoms with van der Waals surface area (Å²) in [7, 11) is 0. The number of rotatable bonds is 6. The first-order valence-electron chi connectivity index (χ1n) is 8.88. The monoisotopic (exact) mass is 393 g/mol. The maximum Gasteiger partial charge on any atom is 0.326 e. The Balaban J connectivity index is 1.47. The van der Waals surface area contributed by atoms with Gasteiger partial charge in [0.15, 0.2) is 6.10 Å². The van der Waals surface area contributed by atoms with E-state index < -0.39 is 18.0 Å². The number of morpholine rings is 1. The second-order valence-electron chi connectivity index (χ2n) is 6.30. The lowest BCUT2D eigenvalue weighted by atomic mass is 10.2. The normalized spacial score (nSPS) is 18.3. The van der Waals surface area contributed by atoms with Crippen LogP contribution in [0, 0.1) is 0 Å². The molecule has 0 unspecified atom stereocenters. The summed E-state index contributed by atoms with van der Waals surface area (Å²) in [5.74, 6) is -0.330. The van der Waals surface area contributed by atoms with Gasteiger partial charge in [-0.3, -0.25) is 14.4 Å². The zero-order valence-electron chi connectivity index (χ0n) is 15.2. The number of nitrogens with zero attached hydrogens (tertiary/aromatic N) is 2. The lowest BCUT2D eigenvalue weighted by Gasteiger charge is -2.28. The molecule has 2 fully saturated rings. The molecule has 1 aromatic rings. The van der Waals surface area contributed by atoms with Crippen LogP contribution in [0.1, 0.15) is 6.92 Å². The van der Waals surface area contributed by atoms with E-state index in [1.54, 1.807) is 0 Å². The van der Waals surface area contributed by atoms with E-state index in [4.69, 9.17) is 9.47 Å². The Labute approximate surface area is 162 Å². The van der Waals surface area contributed by atoms with Gasteiger partial charge in [0.05, 0.1) is 13.2 Å². The number of hydrogen-bond acceptors (Lipinski definition) is 7. The summed E-state index contributed by atoms with van der Waals surface area (Å²) in [6.07, 6.45) is -0.943. The maximum absolute atomic E-state index is 12.2. The van der Waals surface area contributed by atoms with Crippen LogP contribution in [0.2, 0.25) is 0 Å². The molecule has 1 atom stereocenters. The molecular weight excluding hydrogens is 370 g/mol. The van der Waals surface area contributed by atoms with Crippen LogP contribution in [0.15, 0.2) is 24.3 Å². The molecule has 0 bridgehead atoms. The molecule has 146 valence electrons. The van der Waals surface area contributed by atoms with E-state index in [0.29, 0.717) is 31.2 Å². The highest BCUT2D eigenvalue weighted by Crippen LogP contribution is 2.19. The van der Waals surface area contributed by atoms with Gasteiger partial charge in [0.2, 0.25) is 0 Å². The SMILES string of the molecule is C[C@@H](OC(=O)CN1CCSC1=O)C(=O)Nc1ccc(N2CCOCC2)cc1. The van der Waals surface area contributed by atoms with Crippen molar-refractivity contribution in [2.75, 3.05) is 55.4 Å². The van der Waals surface area contributed by atoms with Crippen LogP contribution >= 0.6 is 11.8 Å². The van der Waals surface area contributed by atoms with E-state index >= 15 is 0 Å². The summed E-state index contributed by atoms with van der Waals surface area (Å²) in [5.41, 5.74) is 1.70. The Morgan fingerprint density at radius 2 is 1.93 bits per heavy atom. The van der Waals surface area contributed by atoms with Crippen molar-refractivity contribution in [1.82, 2.24) is 4.90 Å². The number of benzene rings is 1. The van der Waals surface area contributed by atoms with Gasteiger partial charge in [0.25, 0.3) is 11.1 Å². The molecule has 2 aliphatic rings. The summed E-state index contributed by atoms with van der Waals surface area (Å²) < 4.78 is 10.5. The minimum absolute atomic E-state index is 0.127. The van der Waals surface area contributed by atoms with Crippen molar-refractivity contribution in [3.05, 3.63) is 24.3 Å². The third kappa shape index (κ3) is 5.36. The summed E-state index contributed by atoms with van der Waals surface area (Å²) in [6.45, 7) is 5.02. The first-order valence-corrected chi connectivity index (χ1v) is 9.86. The lowest BCUT2D eigenvalue weighted by Crippen LogP contribution is -2.36. The van der Waals surface area contributed by atoms with Crippen LogP contribution in [-0.4, -0.2) is 73.3 Å². The average Bonchev–Trinajstić information content (AvgIpc) is 3.07. The smallest absolute Gasteiger partial charge is 0.326 e. The van der Waals surface area contributed by atoms with Crippen molar-refractivity contribution in [2.24, 2.45) is 0 Å². The number of hydrogen-bond donors (Lipinski definition) is 1. The second kappa shape index (κ2) is 9.09. The van der Waals surface area contributed by atoms with Crippen molar-refractivity contribution in [1.29, 1.82) is 0 Å². The van der Waals surface area contributed by atoms with Gasteiger partial charge in [-0.25, -0.2) is 0 Å². The minimum atomic E-state index is -0.943. The zero-order valence-corrected chi connectivity index (χ0v) is 16.0. The molecule has 0 aromatic heterocycles. The summed E-state index contributed by atoms with van der Waals surface area (Å²) >= 11 is 1.18. The molecule has 2 aliphatic heterocycles. The van der Waals surface area contributed by atoms with Gasteiger partial charge >= 0.3 is 5.97 Å². The van der Waals surface area contributed by atoms with Gasteiger partial charge in [-0.15, -0.1) is 0 Å². The van der Waals surface area contributed by atoms with E-state index in [0.717, 1.165) is 18.8 Å². The van der Waals surface area contributed by atoms with E-state index in [9.17, 15) is 14.4 Å². The first-order chi connectivity index (χ1) is 13.0. The molecule has 2 saturated heterocycles. The molecule has 0 radical (unpaired) electrons. The number of carbonyl (C=O) groups excluding carboxylic acids is 3. The molecule has 0 aliphatic carbocycles. The number of anilines is 2. The van der Waals surface area contributed by atoms with E-state index in [1.165, 1.54) is 23.6 Å². The van der Waals surface area contributed by atoms with Crippen LogP contribution < -0.4 is 10.2 Å². The van der Waals surface area contributed by atoms with E-state index in [1.807, 2.05) is 24.3 Å². The Morgan fingerprint density at radius 1 is 1.22 bits per heavy atom. The van der Waals surface area contributed by atoms with Crippen LogP contribution in [-0.2, 0) is 19.1 Å². The molecule has 2 amide bonds. The lowest BCUT2D eigenvalue weighted by molar-refractivity contribution is -0.153. The summed E-state index contributed by atoms with van der Waals surface area (Å²) in [6, 6.07) is 7.51. The van der Waals surface area contributed by atoms with Crippen LogP contribution in [0.3, 0.4) is 0 Å². The average molecular weight is 393 g/mol. The Hall–Kier alpha value is -2.26. The van der Waals surface area contributed by atoms with Crippen LogP contribution in [0.25, 0.3) is 0 Å². The zero-order chi connectivity index (χ0) is 19.2. The molecule has 8 nitrogen and oxygen atoms in total. The minimum Gasteiger partial charge on any atom is -0.451 e. The Kier molecular flexibility index (Phi) is 6.57. The predicted molar refractivity (Wildman–Crippen MR) is 103 cm³/mol. The molecule has 0 saturated carbocycles. The molecule has 9 heteroatoms. The third-order valence-electron chi connectivity index (χ3n) is 4.35. The van der Waals surface area contributed by atoms with Crippen molar-refractivity contribution in [3.8, 4) is 0 Å². The van der Waals surface area contributed by atoms with Gasteiger partial charge in [-0.2, -0.15) is 0 Å².